The molecule has 34 heavy (non-hydrogen) atoms. The van der Waals surface area contributed by atoms with Crippen LogP contribution in [0.3, 0.4) is 0 Å². The second-order valence-corrected chi connectivity index (χ2v) is 11.1. The van der Waals surface area contributed by atoms with E-state index in [9.17, 15) is 4.79 Å². The molecule has 0 saturated heterocycles. The van der Waals surface area contributed by atoms with Crippen molar-refractivity contribution in [3.63, 3.8) is 0 Å². The van der Waals surface area contributed by atoms with E-state index >= 15 is 0 Å². The number of carbonyl (C=O) groups excluding carboxylic acids is 1. The molecule has 0 bridgehead atoms. The second kappa shape index (κ2) is 8.80. The molecule has 2 amide bonds. The first-order valence-electron chi connectivity index (χ1n) is 11.4. The van der Waals surface area contributed by atoms with Gasteiger partial charge in [-0.1, -0.05) is 17.7 Å². The van der Waals surface area contributed by atoms with Crippen LogP contribution in [0.15, 0.2) is 54.0 Å². The second-order valence-electron chi connectivity index (χ2n) is 8.62. The Balaban J connectivity index is 1.48. The quantitative estimate of drug-likeness (QED) is 0.315. The van der Waals surface area contributed by atoms with Gasteiger partial charge < -0.3 is 19.5 Å². The fraction of sp³-hybridized carbons (Fsp3) is 0.269. The summed E-state index contributed by atoms with van der Waals surface area (Å²) in [6.07, 6.45) is 6.79. The van der Waals surface area contributed by atoms with Crippen LogP contribution in [0.25, 0.3) is 5.00 Å². The molecule has 2 aliphatic rings. The first-order valence-corrected chi connectivity index (χ1v) is 13.5. The van der Waals surface area contributed by atoms with Gasteiger partial charge in [0.15, 0.2) is 0 Å². The summed E-state index contributed by atoms with van der Waals surface area (Å²) in [4.78, 5) is 18.5. The zero-order valence-electron chi connectivity index (χ0n) is 18.7. The van der Waals surface area contributed by atoms with Crippen LogP contribution in [-0.2, 0) is 19.4 Å². The number of methoxy groups -OCH3 is 1. The third-order valence-corrected chi connectivity index (χ3v) is 9.15. The number of aromatic nitrogens is 1. The lowest BCUT2D eigenvalue weighted by Crippen LogP contribution is -2.37. The summed E-state index contributed by atoms with van der Waals surface area (Å²) in [6, 6.07) is 13.3. The molecule has 4 heterocycles. The number of benzene rings is 1. The van der Waals surface area contributed by atoms with Crippen molar-refractivity contribution in [3.05, 3.63) is 85.6 Å². The molecule has 8 heteroatoms. The maximum atomic E-state index is 14.0. The fourth-order valence-electron chi connectivity index (χ4n) is 5.10. The third kappa shape index (κ3) is 3.63. The summed E-state index contributed by atoms with van der Waals surface area (Å²) in [5.74, 6) is 0.581. The number of anilines is 1. The average Bonchev–Trinajstić information content (AvgIpc) is 3.59. The number of amides is 2. The molecule has 6 rings (SSSR count). The van der Waals surface area contributed by atoms with Crippen molar-refractivity contribution in [2.24, 2.45) is 0 Å². The number of fused-ring (bicyclic) bond motifs is 5. The van der Waals surface area contributed by atoms with Crippen LogP contribution in [0.1, 0.15) is 45.5 Å². The van der Waals surface area contributed by atoms with Crippen LogP contribution in [0.4, 0.5) is 10.5 Å². The molecule has 1 N–H and O–H groups in total. The van der Waals surface area contributed by atoms with Crippen LogP contribution in [0.5, 0.6) is 5.75 Å². The Hall–Kier alpha value is -2.74. The summed E-state index contributed by atoms with van der Waals surface area (Å²) in [6.45, 7) is 0.556. The maximum absolute atomic E-state index is 14.0. The van der Waals surface area contributed by atoms with E-state index in [2.05, 4.69) is 39.7 Å². The minimum atomic E-state index is -0.195. The Bertz CT molecular complexity index is 1360. The SMILES string of the molecule is COc1ccc(Cl)cc1NC(=O)N1Cc2c(sc3c2CCCC3)-n2cccc2C1c1cccs1. The maximum Gasteiger partial charge on any atom is 0.323 e. The summed E-state index contributed by atoms with van der Waals surface area (Å²) in [5, 5.41) is 6.96. The molecule has 0 saturated carbocycles. The highest BCUT2D eigenvalue weighted by atomic mass is 35.5. The number of thiophene rings is 2. The van der Waals surface area contributed by atoms with Gasteiger partial charge in [-0.3, -0.25) is 0 Å². The molecule has 5 nitrogen and oxygen atoms in total. The van der Waals surface area contributed by atoms with Gasteiger partial charge in [0.25, 0.3) is 0 Å². The molecule has 1 unspecified atom stereocenters. The van der Waals surface area contributed by atoms with E-state index in [0.29, 0.717) is 23.0 Å². The van der Waals surface area contributed by atoms with Gasteiger partial charge in [0, 0.05) is 26.5 Å². The lowest BCUT2D eigenvalue weighted by molar-refractivity contribution is 0.195. The minimum absolute atomic E-state index is 0.171. The monoisotopic (exact) mass is 509 g/mol. The largest absolute Gasteiger partial charge is 0.495 e. The summed E-state index contributed by atoms with van der Waals surface area (Å²) >= 11 is 9.81. The Kier molecular flexibility index (Phi) is 5.63. The Morgan fingerprint density at radius 1 is 1.15 bits per heavy atom. The Labute approximate surface area is 211 Å². The molecule has 3 aromatic heterocycles. The molecule has 4 aromatic rings. The molecule has 1 aliphatic heterocycles. The van der Waals surface area contributed by atoms with Crippen molar-refractivity contribution in [1.29, 1.82) is 0 Å². The van der Waals surface area contributed by atoms with Gasteiger partial charge >= 0.3 is 6.03 Å². The van der Waals surface area contributed by atoms with E-state index in [-0.39, 0.29) is 12.1 Å². The standard InChI is InChI=1S/C26H24ClN3O2S2/c1-32-21-11-10-16(27)14-19(21)28-26(31)30-15-18-17-6-2-3-8-22(17)34-25(18)29-12-4-7-20(29)24(30)23-9-5-13-33-23/h4-5,7,9-14,24H,2-3,6,8,15H2,1H3,(H,28,31). The molecule has 0 fully saturated rings. The Morgan fingerprint density at radius 3 is 2.85 bits per heavy atom. The number of nitrogens with one attached hydrogen (secondary N) is 1. The van der Waals surface area contributed by atoms with Gasteiger partial charge in [-0.2, -0.15) is 0 Å². The molecule has 1 atom stereocenters. The number of carbonyl (C=O) groups is 1. The first-order chi connectivity index (χ1) is 16.6. The van der Waals surface area contributed by atoms with Gasteiger partial charge in [-0.25, -0.2) is 4.79 Å². The number of halogens is 1. The zero-order valence-corrected chi connectivity index (χ0v) is 21.1. The van der Waals surface area contributed by atoms with E-state index in [4.69, 9.17) is 16.3 Å². The van der Waals surface area contributed by atoms with E-state index in [0.717, 1.165) is 23.4 Å². The fourth-order valence-corrected chi connectivity index (χ4v) is 7.52. The van der Waals surface area contributed by atoms with Gasteiger partial charge in [0.1, 0.15) is 16.8 Å². The number of urea groups is 1. The van der Waals surface area contributed by atoms with Crippen molar-refractivity contribution >= 4 is 46.0 Å². The number of hydrogen-bond donors (Lipinski definition) is 1. The van der Waals surface area contributed by atoms with Crippen LogP contribution in [0, 0.1) is 0 Å². The van der Waals surface area contributed by atoms with Crippen LogP contribution < -0.4 is 10.1 Å². The molecule has 0 radical (unpaired) electrons. The number of nitrogens with zero attached hydrogens (tertiary/aromatic N) is 2. The third-order valence-electron chi connectivity index (χ3n) is 6.66. The molecular formula is C26H24ClN3O2S2. The number of hydrogen-bond acceptors (Lipinski definition) is 4. The van der Waals surface area contributed by atoms with Crippen LogP contribution in [-0.4, -0.2) is 22.6 Å². The minimum Gasteiger partial charge on any atom is -0.495 e. The molecule has 1 aliphatic carbocycles. The van der Waals surface area contributed by atoms with Crippen LogP contribution >= 0.6 is 34.3 Å². The lowest BCUT2D eigenvalue weighted by atomic mass is 9.95. The first kappa shape index (κ1) is 21.8. The van der Waals surface area contributed by atoms with Gasteiger partial charge in [-0.05, 0) is 73.0 Å². The molecular weight excluding hydrogens is 486 g/mol. The number of ether oxygens (including phenoxy) is 1. The highest BCUT2D eigenvalue weighted by Gasteiger charge is 2.36. The van der Waals surface area contributed by atoms with Crippen molar-refractivity contribution in [3.8, 4) is 10.8 Å². The van der Waals surface area contributed by atoms with Gasteiger partial charge in [0.2, 0.25) is 0 Å². The van der Waals surface area contributed by atoms with E-state index in [1.165, 1.54) is 33.8 Å². The predicted molar refractivity (Wildman–Crippen MR) is 139 cm³/mol. The summed E-state index contributed by atoms with van der Waals surface area (Å²) in [5.41, 5.74) is 4.39. The lowest BCUT2D eigenvalue weighted by Gasteiger charge is -2.30. The van der Waals surface area contributed by atoms with E-state index in [1.807, 2.05) is 22.3 Å². The van der Waals surface area contributed by atoms with Crippen molar-refractivity contribution in [2.45, 2.75) is 38.3 Å². The summed E-state index contributed by atoms with van der Waals surface area (Å²) < 4.78 is 7.78. The van der Waals surface area contributed by atoms with E-state index in [1.54, 1.807) is 36.6 Å². The summed E-state index contributed by atoms with van der Waals surface area (Å²) in [7, 11) is 1.59. The van der Waals surface area contributed by atoms with Crippen molar-refractivity contribution in [2.75, 3.05) is 12.4 Å². The highest BCUT2D eigenvalue weighted by Crippen LogP contribution is 2.45. The van der Waals surface area contributed by atoms with E-state index < -0.39 is 0 Å². The zero-order chi connectivity index (χ0) is 23.2. The molecule has 174 valence electrons. The predicted octanol–water partition coefficient (Wildman–Crippen LogP) is 7.28. The molecule has 0 spiro atoms. The molecule has 1 aromatic carbocycles. The normalized spacial score (nSPS) is 16.9. The van der Waals surface area contributed by atoms with Crippen molar-refractivity contribution in [1.82, 2.24) is 9.47 Å². The van der Waals surface area contributed by atoms with Gasteiger partial charge in [-0.15, -0.1) is 22.7 Å². The van der Waals surface area contributed by atoms with Crippen LogP contribution in [0.2, 0.25) is 5.02 Å². The number of aryl methyl sites for hydroxylation is 1. The average molecular weight is 510 g/mol. The smallest absolute Gasteiger partial charge is 0.323 e. The Morgan fingerprint density at radius 2 is 2.03 bits per heavy atom. The highest BCUT2D eigenvalue weighted by molar-refractivity contribution is 7.15. The van der Waals surface area contributed by atoms with Crippen molar-refractivity contribution < 1.29 is 9.53 Å². The topological polar surface area (TPSA) is 46.5 Å². The number of rotatable bonds is 3. The van der Waals surface area contributed by atoms with Gasteiger partial charge in [0.05, 0.1) is 25.0 Å².